The van der Waals surface area contributed by atoms with Crippen LogP contribution in [0, 0.1) is 5.92 Å². The maximum Gasteiger partial charge on any atom is 0.306 e. The Labute approximate surface area is 121 Å². The molecule has 1 aromatic heterocycles. The number of hydrogen-bond donors (Lipinski definition) is 3. The largest absolute Gasteiger partial charge is 0.481 e. The number of rotatable bonds is 5. The Hall–Kier alpha value is -2.31. The molecule has 114 valence electrons. The maximum absolute atomic E-state index is 12.0. The van der Waals surface area contributed by atoms with E-state index in [-0.39, 0.29) is 17.7 Å². The van der Waals surface area contributed by atoms with E-state index < -0.39 is 23.8 Å². The van der Waals surface area contributed by atoms with Crippen LogP contribution in [0.25, 0.3) is 0 Å². The van der Waals surface area contributed by atoms with E-state index in [9.17, 15) is 14.4 Å². The molecule has 2 amide bonds. The second-order valence-corrected chi connectivity index (χ2v) is 5.23. The molecule has 1 aliphatic rings. The Morgan fingerprint density at radius 2 is 2.14 bits per heavy atom. The molecule has 1 fully saturated rings. The summed E-state index contributed by atoms with van der Waals surface area (Å²) in [5.74, 6) is -1.88. The number of hydrogen-bond acceptors (Lipinski definition) is 4. The third kappa shape index (κ3) is 3.84. The van der Waals surface area contributed by atoms with Crippen molar-refractivity contribution in [3.63, 3.8) is 0 Å². The van der Waals surface area contributed by atoms with E-state index in [2.05, 4.69) is 10.6 Å². The van der Waals surface area contributed by atoms with Crippen LogP contribution in [0.1, 0.15) is 36.7 Å². The Morgan fingerprint density at radius 3 is 2.71 bits per heavy atom. The van der Waals surface area contributed by atoms with Gasteiger partial charge < -0.3 is 20.2 Å². The Bertz CT molecular complexity index is 525. The predicted molar refractivity (Wildman–Crippen MR) is 72.5 cm³/mol. The zero-order chi connectivity index (χ0) is 15.4. The average Bonchev–Trinajstić information content (AvgIpc) is 3.09. The molecule has 7 heteroatoms. The van der Waals surface area contributed by atoms with Crippen LogP contribution < -0.4 is 10.6 Å². The molecule has 0 bridgehead atoms. The van der Waals surface area contributed by atoms with Crippen molar-refractivity contribution in [1.82, 2.24) is 10.6 Å². The van der Waals surface area contributed by atoms with Gasteiger partial charge >= 0.3 is 5.97 Å². The molecule has 1 unspecified atom stereocenters. The normalized spacial score (nSPS) is 22.5. The number of carboxylic acid groups (broad SMARTS) is 1. The number of nitrogens with one attached hydrogen (secondary N) is 2. The Balaban J connectivity index is 1.80. The number of carboxylic acids is 1. The van der Waals surface area contributed by atoms with Crippen molar-refractivity contribution in [2.24, 2.45) is 5.92 Å². The number of aliphatic carboxylic acids is 1. The first-order valence-electron chi connectivity index (χ1n) is 6.85. The van der Waals surface area contributed by atoms with Gasteiger partial charge in [0.2, 0.25) is 5.91 Å². The van der Waals surface area contributed by atoms with E-state index in [0.29, 0.717) is 19.3 Å². The van der Waals surface area contributed by atoms with E-state index in [1.165, 1.54) is 12.3 Å². The average molecular weight is 294 g/mol. The lowest BCUT2D eigenvalue weighted by molar-refractivity contribution is -0.141. The van der Waals surface area contributed by atoms with Gasteiger partial charge in [-0.15, -0.1) is 0 Å². The van der Waals surface area contributed by atoms with E-state index >= 15 is 0 Å². The minimum atomic E-state index is -0.828. The van der Waals surface area contributed by atoms with Crippen molar-refractivity contribution >= 4 is 17.8 Å². The first kappa shape index (κ1) is 15.1. The van der Waals surface area contributed by atoms with Gasteiger partial charge in [-0.1, -0.05) is 0 Å². The van der Waals surface area contributed by atoms with Crippen LogP contribution in [0.3, 0.4) is 0 Å². The summed E-state index contributed by atoms with van der Waals surface area (Å²) in [7, 11) is 0. The van der Waals surface area contributed by atoms with Crippen molar-refractivity contribution in [2.45, 2.75) is 38.3 Å². The molecule has 2 rings (SSSR count). The minimum Gasteiger partial charge on any atom is -0.481 e. The quantitative estimate of drug-likeness (QED) is 0.743. The molecular weight excluding hydrogens is 276 g/mol. The van der Waals surface area contributed by atoms with Crippen molar-refractivity contribution in [3.8, 4) is 0 Å². The SMILES string of the molecule is CC(NC(=O)c1ccco1)C(=O)N[C@@H]1CC[C@H](C(=O)O)C1. The molecule has 1 aliphatic carbocycles. The smallest absolute Gasteiger partial charge is 0.306 e. The van der Waals surface area contributed by atoms with Crippen molar-refractivity contribution < 1.29 is 23.9 Å². The van der Waals surface area contributed by atoms with Crippen LogP contribution >= 0.6 is 0 Å². The van der Waals surface area contributed by atoms with E-state index in [1.54, 1.807) is 13.0 Å². The highest BCUT2D eigenvalue weighted by Crippen LogP contribution is 2.25. The van der Waals surface area contributed by atoms with Crippen LogP contribution in [0.5, 0.6) is 0 Å². The topological polar surface area (TPSA) is 109 Å². The van der Waals surface area contributed by atoms with Gasteiger partial charge in [0, 0.05) is 6.04 Å². The molecule has 0 radical (unpaired) electrons. The van der Waals surface area contributed by atoms with Gasteiger partial charge in [0.25, 0.3) is 5.91 Å². The molecule has 0 saturated heterocycles. The highest BCUT2D eigenvalue weighted by atomic mass is 16.4. The standard InChI is InChI=1S/C14H18N2O5/c1-8(15-13(18)11-3-2-6-21-11)12(17)16-10-5-4-9(7-10)14(19)20/h2-3,6,8-10H,4-5,7H2,1H3,(H,15,18)(H,16,17)(H,19,20)/t8?,9-,10+/m0/s1. The van der Waals surface area contributed by atoms with Gasteiger partial charge in [0.1, 0.15) is 6.04 Å². The molecule has 3 N–H and O–H groups in total. The summed E-state index contributed by atoms with van der Waals surface area (Å²) in [6.07, 6.45) is 3.01. The first-order valence-corrected chi connectivity index (χ1v) is 6.85. The summed E-state index contributed by atoms with van der Waals surface area (Å²) in [5, 5.41) is 14.2. The van der Waals surface area contributed by atoms with Gasteiger partial charge in [-0.3, -0.25) is 14.4 Å². The summed E-state index contributed by atoms with van der Waals surface area (Å²) >= 11 is 0. The molecule has 0 spiro atoms. The van der Waals surface area contributed by atoms with Gasteiger partial charge in [0.05, 0.1) is 12.2 Å². The number of carbonyl (C=O) groups is 3. The highest BCUT2D eigenvalue weighted by molar-refractivity contribution is 5.95. The van der Waals surface area contributed by atoms with E-state index in [0.717, 1.165) is 0 Å². The predicted octanol–water partition coefficient (Wildman–Crippen LogP) is 0.767. The van der Waals surface area contributed by atoms with Crippen LogP contribution in [-0.4, -0.2) is 35.0 Å². The van der Waals surface area contributed by atoms with Crippen molar-refractivity contribution in [2.75, 3.05) is 0 Å². The number of furan rings is 1. The lowest BCUT2D eigenvalue weighted by atomic mass is 10.1. The van der Waals surface area contributed by atoms with Gasteiger partial charge in [0.15, 0.2) is 5.76 Å². The summed E-state index contributed by atoms with van der Waals surface area (Å²) in [6.45, 7) is 1.57. The van der Waals surface area contributed by atoms with Crippen LogP contribution in [0.2, 0.25) is 0 Å². The van der Waals surface area contributed by atoms with Gasteiger partial charge in [-0.2, -0.15) is 0 Å². The van der Waals surface area contributed by atoms with Crippen molar-refractivity contribution in [3.05, 3.63) is 24.2 Å². The second kappa shape index (κ2) is 6.43. The van der Waals surface area contributed by atoms with Crippen LogP contribution in [-0.2, 0) is 9.59 Å². The van der Waals surface area contributed by atoms with Gasteiger partial charge in [-0.05, 0) is 38.3 Å². The number of carbonyl (C=O) groups excluding carboxylic acids is 2. The molecular formula is C14H18N2O5. The minimum absolute atomic E-state index is 0.140. The zero-order valence-electron chi connectivity index (χ0n) is 11.7. The number of amides is 2. The summed E-state index contributed by atoms with van der Waals surface area (Å²) < 4.78 is 4.94. The molecule has 7 nitrogen and oxygen atoms in total. The van der Waals surface area contributed by atoms with E-state index in [4.69, 9.17) is 9.52 Å². The highest BCUT2D eigenvalue weighted by Gasteiger charge is 2.31. The molecule has 1 saturated carbocycles. The molecule has 0 aromatic carbocycles. The third-order valence-corrected chi connectivity index (χ3v) is 3.61. The van der Waals surface area contributed by atoms with Crippen molar-refractivity contribution in [1.29, 1.82) is 0 Å². The first-order chi connectivity index (χ1) is 9.97. The fourth-order valence-electron chi connectivity index (χ4n) is 2.40. The Morgan fingerprint density at radius 1 is 1.38 bits per heavy atom. The lowest BCUT2D eigenvalue weighted by Crippen LogP contribution is -2.47. The summed E-state index contributed by atoms with van der Waals surface area (Å²) in [5.41, 5.74) is 0. The van der Waals surface area contributed by atoms with Gasteiger partial charge in [-0.25, -0.2) is 0 Å². The fraction of sp³-hybridized carbons (Fsp3) is 0.500. The molecule has 3 atom stereocenters. The summed E-state index contributed by atoms with van der Waals surface area (Å²) in [6, 6.07) is 2.23. The zero-order valence-corrected chi connectivity index (χ0v) is 11.7. The monoisotopic (exact) mass is 294 g/mol. The second-order valence-electron chi connectivity index (χ2n) is 5.23. The van der Waals surface area contributed by atoms with Crippen LogP contribution in [0.15, 0.2) is 22.8 Å². The third-order valence-electron chi connectivity index (χ3n) is 3.61. The fourth-order valence-corrected chi connectivity index (χ4v) is 2.40. The molecule has 1 heterocycles. The van der Waals surface area contributed by atoms with E-state index in [1.807, 2.05) is 0 Å². The summed E-state index contributed by atoms with van der Waals surface area (Å²) in [4.78, 5) is 34.6. The molecule has 21 heavy (non-hydrogen) atoms. The van der Waals surface area contributed by atoms with Crippen LogP contribution in [0.4, 0.5) is 0 Å². The molecule has 1 aromatic rings. The lowest BCUT2D eigenvalue weighted by Gasteiger charge is -2.17. The maximum atomic E-state index is 12.0. The Kier molecular flexibility index (Phi) is 4.62. The molecule has 0 aliphatic heterocycles.